The third-order valence-corrected chi connectivity index (χ3v) is 3.75. The molecule has 3 rings (SSSR count). The molecule has 106 valence electrons. The molecule has 0 saturated carbocycles. The van der Waals surface area contributed by atoms with Crippen LogP contribution in [0.25, 0.3) is 10.8 Å². The molecule has 0 radical (unpaired) electrons. The summed E-state index contributed by atoms with van der Waals surface area (Å²) in [4.78, 5) is 4.18. The summed E-state index contributed by atoms with van der Waals surface area (Å²) in [6.07, 6.45) is 6.11. The van der Waals surface area contributed by atoms with E-state index in [1.807, 2.05) is 12.4 Å². The lowest BCUT2D eigenvalue weighted by Crippen LogP contribution is -2.00. The summed E-state index contributed by atoms with van der Waals surface area (Å²) in [7, 11) is 0. The van der Waals surface area contributed by atoms with Gasteiger partial charge in [0.2, 0.25) is 0 Å². The van der Waals surface area contributed by atoms with E-state index in [9.17, 15) is 0 Å². The average Bonchev–Trinajstić information content (AvgIpc) is 2.54. The highest BCUT2D eigenvalue weighted by Gasteiger charge is 2.00. The minimum Gasteiger partial charge on any atom is -0.381 e. The van der Waals surface area contributed by atoms with E-state index in [4.69, 9.17) is 0 Å². The second kappa shape index (κ2) is 6.40. The second-order valence-corrected chi connectivity index (χ2v) is 5.31. The maximum atomic E-state index is 4.18. The van der Waals surface area contributed by atoms with Gasteiger partial charge in [0.05, 0.1) is 0 Å². The van der Waals surface area contributed by atoms with Crippen LogP contribution in [0.15, 0.2) is 60.9 Å². The van der Waals surface area contributed by atoms with E-state index < -0.39 is 0 Å². The zero-order chi connectivity index (χ0) is 14.5. The van der Waals surface area contributed by atoms with Crippen LogP contribution >= 0.6 is 0 Å². The molecule has 2 aromatic carbocycles. The van der Waals surface area contributed by atoms with Gasteiger partial charge in [-0.15, -0.1) is 0 Å². The molecule has 0 aliphatic heterocycles. The first-order chi connectivity index (χ1) is 10.4. The van der Waals surface area contributed by atoms with Gasteiger partial charge in [0.1, 0.15) is 0 Å². The van der Waals surface area contributed by atoms with Gasteiger partial charge in [-0.05, 0) is 41.1 Å². The van der Waals surface area contributed by atoms with Crippen molar-refractivity contribution in [2.75, 3.05) is 5.32 Å². The second-order valence-electron chi connectivity index (χ2n) is 5.31. The van der Waals surface area contributed by atoms with Crippen LogP contribution in [0.5, 0.6) is 0 Å². The maximum absolute atomic E-state index is 4.18. The third-order valence-electron chi connectivity index (χ3n) is 3.75. The standard InChI is InChI=1S/C19H20N2/c1-2-4-15-7-9-18(10-8-15)21-14-17-6-3-5-16-13-20-12-11-19(16)17/h3,5-13,21H,2,4,14H2,1H3. The Labute approximate surface area is 125 Å². The van der Waals surface area contributed by atoms with Crippen molar-refractivity contribution in [3.63, 3.8) is 0 Å². The normalized spacial score (nSPS) is 10.7. The molecule has 2 nitrogen and oxygen atoms in total. The smallest absolute Gasteiger partial charge is 0.0406 e. The van der Waals surface area contributed by atoms with Gasteiger partial charge in [0, 0.05) is 30.0 Å². The van der Waals surface area contributed by atoms with E-state index in [0.29, 0.717) is 0 Å². The van der Waals surface area contributed by atoms with E-state index >= 15 is 0 Å². The van der Waals surface area contributed by atoms with Crippen molar-refractivity contribution in [3.05, 3.63) is 72.1 Å². The first-order valence-corrected chi connectivity index (χ1v) is 7.51. The lowest BCUT2D eigenvalue weighted by molar-refractivity contribution is 0.922. The minimum absolute atomic E-state index is 0.828. The molecule has 21 heavy (non-hydrogen) atoms. The molecule has 0 bridgehead atoms. The molecule has 0 amide bonds. The number of benzene rings is 2. The van der Waals surface area contributed by atoms with Crippen LogP contribution in [-0.2, 0) is 13.0 Å². The Morgan fingerprint density at radius 3 is 2.67 bits per heavy atom. The molecule has 0 aliphatic rings. The van der Waals surface area contributed by atoms with Crippen molar-refractivity contribution >= 4 is 16.5 Å². The van der Waals surface area contributed by atoms with Crippen LogP contribution < -0.4 is 5.32 Å². The number of anilines is 1. The lowest BCUT2D eigenvalue weighted by Gasteiger charge is -2.10. The number of pyridine rings is 1. The fraction of sp³-hybridized carbons (Fsp3) is 0.211. The van der Waals surface area contributed by atoms with E-state index in [-0.39, 0.29) is 0 Å². The SMILES string of the molecule is CCCc1ccc(NCc2cccc3cnccc23)cc1. The van der Waals surface area contributed by atoms with Gasteiger partial charge in [0.25, 0.3) is 0 Å². The van der Waals surface area contributed by atoms with Gasteiger partial charge in [-0.2, -0.15) is 0 Å². The molecule has 0 spiro atoms. The van der Waals surface area contributed by atoms with E-state index in [1.165, 1.54) is 34.0 Å². The van der Waals surface area contributed by atoms with E-state index in [0.717, 1.165) is 13.0 Å². The molecule has 1 N–H and O–H groups in total. The van der Waals surface area contributed by atoms with Crippen molar-refractivity contribution in [2.24, 2.45) is 0 Å². The fourth-order valence-corrected chi connectivity index (χ4v) is 2.62. The predicted molar refractivity (Wildman–Crippen MR) is 89.5 cm³/mol. The van der Waals surface area contributed by atoms with E-state index in [2.05, 4.69) is 65.8 Å². The number of nitrogens with one attached hydrogen (secondary N) is 1. The van der Waals surface area contributed by atoms with Crippen LogP contribution in [-0.4, -0.2) is 4.98 Å². The van der Waals surface area contributed by atoms with Crippen LogP contribution in [0.2, 0.25) is 0 Å². The quantitative estimate of drug-likeness (QED) is 0.724. The molecule has 2 heteroatoms. The Morgan fingerprint density at radius 2 is 1.86 bits per heavy atom. The van der Waals surface area contributed by atoms with Crippen molar-refractivity contribution in [2.45, 2.75) is 26.3 Å². The fourth-order valence-electron chi connectivity index (χ4n) is 2.62. The van der Waals surface area contributed by atoms with Gasteiger partial charge in [-0.25, -0.2) is 0 Å². The first kappa shape index (κ1) is 13.6. The third kappa shape index (κ3) is 3.22. The summed E-state index contributed by atoms with van der Waals surface area (Å²) in [6.45, 7) is 3.04. The highest BCUT2D eigenvalue weighted by molar-refractivity contribution is 5.84. The van der Waals surface area contributed by atoms with Crippen LogP contribution in [0.1, 0.15) is 24.5 Å². The monoisotopic (exact) mass is 276 g/mol. The van der Waals surface area contributed by atoms with Crippen molar-refractivity contribution in [1.82, 2.24) is 4.98 Å². The topological polar surface area (TPSA) is 24.9 Å². The highest BCUT2D eigenvalue weighted by atomic mass is 14.9. The summed E-state index contributed by atoms with van der Waals surface area (Å²) in [5.74, 6) is 0. The van der Waals surface area contributed by atoms with Crippen molar-refractivity contribution in [1.29, 1.82) is 0 Å². The molecule has 0 atom stereocenters. The Hall–Kier alpha value is -2.35. The first-order valence-electron chi connectivity index (χ1n) is 7.51. The molecule has 0 saturated heterocycles. The summed E-state index contributed by atoms with van der Waals surface area (Å²) in [5.41, 5.74) is 3.87. The number of hydrogen-bond donors (Lipinski definition) is 1. The average molecular weight is 276 g/mol. The number of fused-ring (bicyclic) bond motifs is 1. The summed E-state index contributed by atoms with van der Waals surface area (Å²) in [5, 5.41) is 5.96. The minimum atomic E-state index is 0.828. The van der Waals surface area contributed by atoms with Crippen LogP contribution in [0.4, 0.5) is 5.69 Å². The molecule has 1 aromatic heterocycles. The molecule has 1 heterocycles. The van der Waals surface area contributed by atoms with Gasteiger partial charge in [-0.3, -0.25) is 4.98 Å². The zero-order valence-electron chi connectivity index (χ0n) is 12.3. The number of aryl methyl sites for hydroxylation is 1. The van der Waals surface area contributed by atoms with Gasteiger partial charge in [0.15, 0.2) is 0 Å². The lowest BCUT2D eigenvalue weighted by atomic mass is 10.1. The largest absolute Gasteiger partial charge is 0.381 e. The number of aromatic nitrogens is 1. The molecular formula is C19H20N2. The predicted octanol–water partition coefficient (Wildman–Crippen LogP) is 4.80. The van der Waals surface area contributed by atoms with Gasteiger partial charge < -0.3 is 5.32 Å². The van der Waals surface area contributed by atoms with Crippen molar-refractivity contribution < 1.29 is 0 Å². The molecule has 0 aliphatic carbocycles. The zero-order valence-corrected chi connectivity index (χ0v) is 12.3. The van der Waals surface area contributed by atoms with Crippen LogP contribution in [0, 0.1) is 0 Å². The number of hydrogen-bond acceptors (Lipinski definition) is 2. The summed E-state index contributed by atoms with van der Waals surface area (Å²) < 4.78 is 0. The van der Waals surface area contributed by atoms with E-state index in [1.54, 1.807) is 0 Å². The Bertz CT molecular complexity index is 712. The Balaban J connectivity index is 1.74. The summed E-state index contributed by atoms with van der Waals surface area (Å²) in [6, 6.07) is 17.2. The Morgan fingerprint density at radius 1 is 1.00 bits per heavy atom. The molecule has 0 unspecified atom stereocenters. The molecule has 3 aromatic rings. The van der Waals surface area contributed by atoms with Crippen molar-refractivity contribution in [3.8, 4) is 0 Å². The Kier molecular flexibility index (Phi) is 4.15. The number of rotatable bonds is 5. The van der Waals surface area contributed by atoms with Gasteiger partial charge in [-0.1, -0.05) is 43.7 Å². The van der Waals surface area contributed by atoms with Crippen LogP contribution in [0.3, 0.4) is 0 Å². The van der Waals surface area contributed by atoms with Gasteiger partial charge >= 0.3 is 0 Å². The molecule has 0 fully saturated rings. The molecular weight excluding hydrogens is 256 g/mol. The number of nitrogens with zero attached hydrogens (tertiary/aromatic N) is 1. The summed E-state index contributed by atoms with van der Waals surface area (Å²) >= 11 is 0. The highest BCUT2D eigenvalue weighted by Crippen LogP contribution is 2.19. The maximum Gasteiger partial charge on any atom is 0.0406 e.